The highest BCUT2D eigenvalue weighted by Crippen LogP contribution is 2.08. The van der Waals surface area contributed by atoms with Crippen LogP contribution in [0.15, 0.2) is 34.3 Å². The Bertz CT molecular complexity index is 428. The Morgan fingerprint density at radius 2 is 2.12 bits per heavy atom. The summed E-state index contributed by atoms with van der Waals surface area (Å²) >= 11 is 2.83. The molecule has 82 valence electrons. The van der Waals surface area contributed by atoms with Gasteiger partial charge in [0, 0.05) is 10.9 Å². The SMILES string of the molecule is O=C(CNC(=O)c1cccs1)c1ccsc1. The van der Waals surface area contributed by atoms with Gasteiger partial charge in [-0.3, -0.25) is 9.59 Å². The van der Waals surface area contributed by atoms with Crippen molar-refractivity contribution in [2.75, 3.05) is 6.54 Å². The number of rotatable bonds is 4. The maximum absolute atomic E-state index is 11.6. The molecule has 16 heavy (non-hydrogen) atoms. The molecule has 0 aliphatic heterocycles. The molecule has 5 heteroatoms. The zero-order valence-corrected chi connectivity index (χ0v) is 9.94. The smallest absolute Gasteiger partial charge is 0.261 e. The molecule has 0 saturated carbocycles. The second-order valence-corrected chi connectivity index (χ2v) is 4.82. The molecule has 0 fully saturated rings. The quantitative estimate of drug-likeness (QED) is 0.848. The number of hydrogen-bond donors (Lipinski definition) is 1. The summed E-state index contributed by atoms with van der Waals surface area (Å²) in [5.74, 6) is -0.260. The average molecular weight is 251 g/mol. The van der Waals surface area contributed by atoms with Crippen molar-refractivity contribution in [1.82, 2.24) is 5.32 Å². The molecular formula is C11H9NO2S2. The number of amides is 1. The fourth-order valence-electron chi connectivity index (χ4n) is 1.18. The molecule has 2 rings (SSSR count). The molecule has 2 aromatic heterocycles. The van der Waals surface area contributed by atoms with Gasteiger partial charge in [0.1, 0.15) is 0 Å². The normalized spacial score (nSPS) is 10.0. The highest BCUT2D eigenvalue weighted by Gasteiger charge is 2.10. The van der Waals surface area contributed by atoms with E-state index in [1.54, 1.807) is 23.6 Å². The summed E-state index contributed by atoms with van der Waals surface area (Å²) in [6.45, 7) is 0.0491. The Kier molecular flexibility index (Phi) is 3.48. The van der Waals surface area contributed by atoms with Gasteiger partial charge in [0.05, 0.1) is 11.4 Å². The summed E-state index contributed by atoms with van der Waals surface area (Å²) in [6, 6.07) is 5.29. The predicted molar refractivity (Wildman–Crippen MR) is 65.3 cm³/mol. The molecule has 0 saturated heterocycles. The van der Waals surface area contributed by atoms with E-state index in [2.05, 4.69) is 5.32 Å². The Morgan fingerprint density at radius 1 is 1.25 bits per heavy atom. The van der Waals surface area contributed by atoms with Crippen LogP contribution in [0.25, 0.3) is 0 Å². The van der Waals surface area contributed by atoms with E-state index in [-0.39, 0.29) is 18.2 Å². The van der Waals surface area contributed by atoms with Crippen molar-refractivity contribution in [3.8, 4) is 0 Å². The number of Topliss-reactive ketones (excluding diaryl/α,β-unsaturated/α-hetero) is 1. The van der Waals surface area contributed by atoms with E-state index < -0.39 is 0 Å². The number of ketones is 1. The largest absolute Gasteiger partial charge is 0.344 e. The molecule has 0 unspecified atom stereocenters. The Labute approximate surface area is 101 Å². The fraction of sp³-hybridized carbons (Fsp3) is 0.0909. The van der Waals surface area contributed by atoms with Crippen LogP contribution in [0.1, 0.15) is 20.0 Å². The minimum absolute atomic E-state index is 0.0491. The molecule has 0 aromatic carbocycles. The van der Waals surface area contributed by atoms with E-state index >= 15 is 0 Å². The number of carbonyl (C=O) groups excluding carboxylic acids is 2. The Balaban J connectivity index is 1.89. The maximum Gasteiger partial charge on any atom is 0.261 e. The summed E-state index contributed by atoms with van der Waals surface area (Å²) in [4.78, 5) is 23.7. The van der Waals surface area contributed by atoms with E-state index in [0.717, 1.165) is 0 Å². The summed E-state index contributed by atoms with van der Waals surface area (Å²) in [7, 11) is 0. The van der Waals surface area contributed by atoms with Crippen molar-refractivity contribution >= 4 is 34.4 Å². The third-order valence-electron chi connectivity index (χ3n) is 2.00. The lowest BCUT2D eigenvalue weighted by Gasteiger charge is -2.01. The second kappa shape index (κ2) is 5.05. The molecule has 2 heterocycles. The van der Waals surface area contributed by atoms with Crippen LogP contribution in [0.5, 0.6) is 0 Å². The fourth-order valence-corrected chi connectivity index (χ4v) is 2.48. The third-order valence-corrected chi connectivity index (χ3v) is 3.55. The van der Waals surface area contributed by atoms with E-state index in [1.165, 1.54) is 22.7 Å². The van der Waals surface area contributed by atoms with Crippen molar-refractivity contribution in [3.63, 3.8) is 0 Å². The summed E-state index contributed by atoms with van der Waals surface area (Å²) in [5.41, 5.74) is 0.650. The maximum atomic E-state index is 11.6. The molecule has 1 N–H and O–H groups in total. The van der Waals surface area contributed by atoms with Gasteiger partial charge in [0.2, 0.25) is 0 Å². The van der Waals surface area contributed by atoms with Crippen LogP contribution in [0.3, 0.4) is 0 Å². The van der Waals surface area contributed by atoms with Gasteiger partial charge in [0.25, 0.3) is 5.91 Å². The van der Waals surface area contributed by atoms with Crippen molar-refractivity contribution in [1.29, 1.82) is 0 Å². The first-order valence-corrected chi connectivity index (χ1v) is 6.47. The number of carbonyl (C=O) groups is 2. The van der Waals surface area contributed by atoms with Crippen molar-refractivity contribution in [3.05, 3.63) is 44.8 Å². The molecule has 0 atom stereocenters. The monoisotopic (exact) mass is 251 g/mol. The van der Waals surface area contributed by atoms with Gasteiger partial charge in [-0.05, 0) is 22.9 Å². The van der Waals surface area contributed by atoms with Crippen LogP contribution < -0.4 is 5.32 Å². The molecule has 2 aromatic rings. The molecule has 0 bridgehead atoms. The molecule has 0 aliphatic rings. The number of thiophene rings is 2. The molecule has 0 spiro atoms. The van der Waals surface area contributed by atoms with Crippen molar-refractivity contribution in [2.45, 2.75) is 0 Å². The zero-order chi connectivity index (χ0) is 11.4. The molecule has 0 radical (unpaired) electrons. The standard InChI is InChI=1S/C11H9NO2S2/c13-9(8-3-5-15-7-8)6-12-11(14)10-2-1-4-16-10/h1-5,7H,6H2,(H,12,14). The summed E-state index contributed by atoms with van der Waals surface area (Å²) < 4.78 is 0. The first-order chi connectivity index (χ1) is 7.77. The lowest BCUT2D eigenvalue weighted by Crippen LogP contribution is -2.28. The highest BCUT2D eigenvalue weighted by molar-refractivity contribution is 7.12. The van der Waals surface area contributed by atoms with Crippen LogP contribution in [-0.4, -0.2) is 18.2 Å². The molecule has 3 nitrogen and oxygen atoms in total. The topological polar surface area (TPSA) is 46.2 Å². The van der Waals surface area contributed by atoms with Crippen LogP contribution in [0, 0.1) is 0 Å². The third kappa shape index (κ3) is 2.56. The first-order valence-electron chi connectivity index (χ1n) is 4.64. The molecule has 1 amide bonds. The van der Waals surface area contributed by atoms with Gasteiger partial charge in [-0.15, -0.1) is 11.3 Å². The highest BCUT2D eigenvalue weighted by atomic mass is 32.1. The van der Waals surface area contributed by atoms with E-state index in [1.807, 2.05) is 10.8 Å². The lowest BCUT2D eigenvalue weighted by atomic mass is 10.2. The van der Waals surface area contributed by atoms with Crippen LogP contribution in [0.2, 0.25) is 0 Å². The van der Waals surface area contributed by atoms with Crippen molar-refractivity contribution < 1.29 is 9.59 Å². The van der Waals surface area contributed by atoms with Gasteiger partial charge in [0.15, 0.2) is 5.78 Å². The van der Waals surface area contributed by atoms with E-state index in [9.17, 15) is 9.59 Å². The number of nitrogens with one attached hydrogen (secondary N) is 1. The zero-order valence-electron chi connectivity index (χ0n) is 8.30. The second-order valence-electron chi connectivity index (χ2n) is 3.10. The summed E-state index contributed by atoms with van der Waals surface area (Å²) in [6.07, 6.45) is 0. The van der Waals surface area contributed by atoms with Gasteiger partial charge < -0.3 is 5.32 Å². The predicted octanol–water partition coefficient (Wildman–Crippen LogP) is 2.42. The van der Waals surface area contributed by atoms with Gasteiger partial charge in [-0.2, -0.15) is 11.3 Å². The van der Waals surface area contributed by atoms with Gasteiger partial charge >= 0.3 is 0 Å². The summed E-state index contributed by atoms with van der Waals surface area (Å²) in [5, 5.41) is 8.05. The minimum Gasteiger partial charge on any atom is -0.344 e. The minimum atomic E-state index is -0.196. The van der Waals surface area contributed by atoms with Crippen LogP contribution >= 0.6 is 22.7 Å². The van der Waals surface area contributed by atoms with Crippen LogP contribution in [-0.2, 0) is 0 Å². The lowest BCUT2D eigenvalue weighted by molar-refractivity contribution is 0.0907. The number of hydrogen-bond acceptors (Lipinski definition) is 4. The Morgan fingerprint density at radius 3 is 2.75 bits per heavy atom. The van der Waals surface area contributed by atoms with Crippen LogP contribution in [0.4, 0.5) is 0 Å². The van der Waals surface area contributed by atoms with E-state index in [0.29, 0.717) is 10.4 Å². The van der Waals surface area contributed by atoms with Gasteiger partial charge in [-0.25, -0.2) is 0 Å². The Hall–Kier alpha value is -1.46. The van der Waals surface area contributed by atoms with E-state index in [4.69, 9.17) is 0 Å². The van der Waals surface area contributed by atoms with Crippen molar-refractivity contribution in [2.24, 2.45) is 0 Å². The average Bonchev–Trinajstić information content (AvgIpc) is 2.95. The first kappa shape index (κ1) is 11.0. The molecule has 0 aliphatic carbocycles. The van der Waals surface area contributed by atoms with Gasteiger partial charge in [-0.1, -0.05) is 6.07 Å². The molecular weight excluding hydrogens is 242 g/mol.